The van der Waals surface area contributed by atoms with E-state index in [-0.39, 0.29) is 17.7 Å². The molecule has 4 rings (SSSR count). The lowest BCUT2D eigenvalue weighted by Crippen LogP contribution is -2.45. The molecule has 0 spiro atoms. The molecule has 0 saturated carbocycles. The SMILES string of the molecule is CCOc1ccccc1C(=O)Nc1ccc(-c2ccc3c(c2)C(=O)N(C(C(=O)OC)C(C)C)C3)cc1. The van der Waals surface area contributed by atoms with Gasteiger partial charge >= 0.3 is 5.97 Å². The second-order valence-corrected chi connectivity index (χ2v) is 8.98. The van der Waals surface area contributed by atoms with E-state index in [2.05, 4.69) is 5.32 Å². The molecule has 7 nitrogen and oxygen atoms in total. The van der Waals surface area contributed by atoms with Gasteiger partial charge in [0.15, 0.2) is 0 Å². The number of anilines is 1. The molecule has 1 heterocycles. The number of methoxy groups -OCH3 is 1. The van der Waals surface area contributed by atoms with Crippen LogP contribution in [-0.2, 0) is 16.1 Å². The number of fused-ring (bicyclic) bond motifs is 1. The van der Waals surface area contributed by atoms with E-state index >= 15 is 0 Å². The molecule has 0 radical (unpaired) electrons. The van der Waals surface area contributed by atoms with Crippen molar-refractivity contribution in [2.75, 3.05) is 19.0 Å². The maximum absolute atomic E-state index is 13.2. The molecular weight excluding hydrogens is 456 g/mol. The van der Waals surface area contributed by atoms with Crippen molar-refractivity contribution in [1.82, 2.24) is 4.90 Å². The van der Waals surface area contributed by atoms with Gasteiger partial charge in [0.25, 0.3) is 11.8 Å². The molecular formula is C29H30N2O5. The quantitative estimate of drug-likeness (QED) is 0.445. The van der Waals surface area contributed by atoms with Gasteiger partial charge in [0, 0.05) is 17.8 Å². The van der Waals surface area contributed by atoms with Crippen LogP contribution in [0.3, 0.4) is 0 Å². The summed E-state index contributed by atoms with van der Waals surface area (Å²) >= 11 is 0. The molecule has 1 N–H and O–H groups in total. The van der Waals surface area contributed by atoms with E-state index < -0.39 is 12.0 Å². The van der Waals surface area contributed by atoms with E-state index in [4.69, 9.17) is 9.47 Å². The van der Waals surface area contributed by atoms with Crippen molar-refractivity contribution in [1.29, 1.82) is 0 Å². The van der Waals surface area contributed by atoms with Gasteiger partial charge in [-0.05, 0) is 59.9 Å². The zero-order valence-electron chi connectivity index (χ0n) is 20.9. The molecule has 1 aliphatic heterocycles. The highest BCUT2D eigenvalue weighted by Crippen LogP contribution is 2.32. The lowest BCUT2D eigenvalue weighted by molar-refractivity contribution is -0.147. The second-order valence-electron chi connectivity index (χ2n) is 8.98. The summed E-state index contributed by atoms with van der Waals surface area (Å²) in [6.07, 6.45) is 0. The standard InChI is InChI=1S/C29H30N2O5/c1-5-36-25-9-7-6-8-23(25)27(32)30-22-14-12-19(13-15-22)20-10-11-21-17-31(28(33)24(21)16-20)26(18(2)3)29(34)35-4/h6-16,18,26H,5,17H2,1-4H3,(H,30,32). The summed E-state index contributed by atoms with van der Waals surface area (Å²) in [7, 11) is 1.34. The fourth-order valence-electron chi connectivity index (χ4n) is 4.49. The van der Waals surface area contributed by atoms with E-state index in [1.165, 1.54) is 7.11 Å². The number of carbonyl (C=O) groups is 3. The number of para-hydroxylation sites is 1. The van der Waals surface area contributed by atoms with Crippen LogP contribution in [0, 0.1) is 5.92 Å². The third kappa shape index (κ3) is 4.96. The van der Waals surface area contributed by atoms with Gasteiger partial charge in [-0.15, -0.1) is 0 Å². The predicted octanol–water partition coefficient (Wildman–Crippen LogP) is 5.16. The van der Waals surface area contributed by atoms with Gasteiger partial charge in [-0.1, -0.05) is 50.2 Å². The first-order chi connectivity index (χ1) is 17.3. The van der Waals surface area contributed by atoms with E-state index in [1.807, 2.05) is 69.3 Å². The molecule has 0 aliphatic carbocycles. The fraction of sp³-hybridized carbons (Fsp3) is 0.276. The number of ether oxygens (including phenoxy) is 2. The Kier molecular flexibility index (Phi) is 7.38. The van der Waals surface area contributed by atoms with Crippen LogP contribution < -0.4 is 10.1 Å². The van der Waals surface area contributed by atoms with E-state index in [0.717, 1.165) is 16.7 Å². The first-order valence-corrected chi connectivity index (χ1v) is 12.0. The van der Waals surface area contributed by atoms with Crippen molar-refractivity contribution in [2.45, 2.75) is 33.4 Å². The molecule has 3 aromatic carbocycles. The smallest absolute Gasteiger partial charge is 0.328 e. The number of nitrogens with zero attached hydrogens (tertiary/aromatic N) is 1. The monoisotopic (exact) mass is 486 g/mol. The van der Waals surface area contributed by atoms with Gasteiger partial charge in [0.05, 0.1) is 19.3 Å². The summed E-state index contributed by atoms with van der Waals surface area (Å²) in [6.45, 7) is 6.53. The number of carbonyl (C=O) groups excluding carboxylic acids is 3. The molecule has 1 atom stereocenters. The molecule has 2 amide bonds. The molecule has 0 fully saturated rings. The minimum atomic E-state index is -0.630. The molecule has 3 aromatic rings. The summed E-state index contributed by atoms with van der Waals surface area (Å²) in [6, 6.07) is 19.7. The Hall–Kier alpha value is -4.13. The van der Waals surface area contributed by atoms with Crippen molar-refractivity contribution in [3.05, 3.63) is 83.4 Å². The van der Waals surface area contributed by atoms with Crippen molar-refractivity contribution in [2.24, 2.45) is 5.92 Å². The molecule has 1 unspecified atom stereocenters. The highest BCUT2D eigenvalue weighted by atomic mass is 16.5. The fourth-order valence-corrected chi connectivity index (χ4v) is 4.49. The highest BCUT2D eigenvalue weighted by Gasteiger charge is 2.38. The lowest BCUT2D eigenvalue weighted by Gasteiger charge is -2.28. The zero-order valence-corrected chi connectivity index (χ0v) is 20.9. The van der Waals surface area contributed by atoms with Crippen molar-refractivity contribution < 1.29 is 23.9 Å². The Morgan fingerprint density at radius 1 is 1.00 bits per heavy atom. The molecule has 1 aliphatic rings. The number of hydrogen-bond acceptors (Lipinski definition) is 5. The number of nitrogens with one attached hydrogen (secondary N) is 1. The Morgan fingerprint density at radius 3 is 2.36 bits per heavy atom. The number of hydrogen-bond donors (Lipinski definition) is 1. The van der Waals surface area contributed by atoms with Crippen molar-refractivity contribution in [3.63, 3.8) is 0 Å². The summed E-state index contributed by atoms with van der Waals surface area (Å²) in [4.78, 5) is 39.9. The number of amides is 2. The largest absolute Gasteiger partial charge is 0.493 e. The van der Waals surface area contributed by atoms with Gasteiger partial charge in [0.1, 0.15) is 11.8 Å². The maximum atomic E-state index is 13.2. The third-order valence-electron chi connectivity index (χ3n) is 6.26. The van der Waals surface area contributed by atoms with Crippen LogP contribution in [0.25, 0.3) is 11.1 Å². The average molecular weight is 487 g/mol. The van der Waals surface area contributed by atoms with Gasteiger partial charge in [-0.25, -0.2) is 4.79 Å². The average Bonchev–Trinajstić information content (AvgIpc) is 3.20. The van der Waals surface area contributed by atoms with Gasteiger partial charge in [-0.2, -0.15) is 0 Å². The minimum Gasteiger partial charge on any atom is -0.493 e. The number of esters is 1. The second kappa shape index (κ2) is 10.6. The minimum absolute atomic E-state index is 0.0709. The van der Waals surface area contributed by atoms with E-state index in [1.54, 1.807) is 23.1 Å². The van der Waals surface area contributed by atoms with Gasteiger partial charge in [0.2, 0.25) is 0 Å². The summed E-state index contributed by atoms with van der Waals surface area (Å²) < 4.78 is 10.5. The molecule has 7 heteroatoms. The molecule has 0 saturated heterocycles. The summed E-state index contributed by atoms with van der Waals surface area (Å²) in [5.74, 6) is -0.364. The van der Waals surface area contributed by atoms with E-state index in [9.17, 15) is 14.4 Å². The zero-order chi connectivity index (χ0) is 25.8. The highest BCUT2D eigenvalue weighted by molar-refractivity contribution is 6.06. The Balaban J connectivity index is 1.51. The van der Waals surface area contributed by atoms with Crippen LogP contribution in [0.1, 0.15) is 47.1 Å². The van der Waals surface area contributed by atoms with Crippen LogP contribution in [0.5, 0.6) is 5.75 Å². The Morgan fingerprint density at radius 2 is 1.69 bits per heavy atom. The molecule has 36 heavy (non-hydrogen) atoms. The molecule has 0 bridgehead atoms. The van der Waals surface area contributed by atoms with Crippen LogP contribution in [0.2, 0.25) is 0 Å². The number of benzene rings is 3. The third-order valence-corrected chi connectivity index (χ3v) is 6.26. The van der Waals surface area contributed by atoms with Crippen LogP contribution in [-0.4, -0.2) is 42.4 Å². The first kappa shape index (κ1) is 25.0. The Labute approximate surface area is 211 Å². The van der Waals surface area contributed by atoms with Crippen LogP contribution >= 0.6 is 0 Å². The summed E-state index contributed by atoms with van der Waals surface area (Å²) in [5, 5.41) is 2.91. The maximum Gasteiger partial charge on any atom is 0.328 e. The van der Waals surface area contributed by atoms with Crippen molar-refractivity contribution >= 4 is 23.5 Å². The first-order valence-electron chi connectivity index (χ1n) is 12.0. The number of rotatable bonds is 8. The lowest BCUT2D eigenvalue weighted by atomic mass is 10.00. The van der Waals surface area contributed by atoms with Crippen LogP contribution in [0.15, 0.2) is 66.7 Å². The van der Waals surface area contributed by atoms with E-state index in [0.29, 0.717) is 35.7 Å². The Bertz CT molecular complexity index is 1280. The molecule has 186 valence electrons. The van der Waals surface area contributed by atoms with Gasteiger partial charge < -0.3 is 19.7 Å². The van der Waals surface area contributed by atoms with Crippen molar-refractivity contribution in [3.8, 4) is 16.9 Å². The predicted molar refractivity (Wildman–Crippen MR) is 138 cm³/mol. The summed E-state index contributed by atoms with van der Waals surface area (Å²) in [5.41, 5.74) is 4.38. The topological polar surface area (TPSA) is 84.9 Å². The molecule has 0 aromatic heterocycles. The van der Waals surface area contributed by atoms with Crippen LogP contribution in [0.4, 0.5) is 5.69 Å². The van der Waals surface area contributed by atoms with Gasteiger partial charge in [-0.3, -0.25) is 9.59 Å². The normalized spacial score (nSPS) is 13.4.